The van der Waals surface area contributed by atoms with Gasteiger partial charge >= 0.3 is 0 Å². The fraction of sp³-hybridized carbons (Fsp3) is 0.429. The molecule has 0 unspecified atom stereocenters. The highest BCUT2D eigenvalue weighted by atomic mass is 15.1. The maximum atomic E-state index is 3.63. The number of hydrogen-bond acceptors (Lipinski definition) is 1. The highest BCUT2D eigenvalue weighted by molar-refractivity contribution is 4.84. The second kappa shape index (κ2) is 4.44. The topological polar surface area (TPSA) is 3.24 Å². The van der Waals surface area contributed by atoms with Gasteiger partial charge in [-0.3, -0.25) is 0 Å². The van der Waals surface area contributed by atoms with E-state index in [4.69, 9.17) is 0 Å². The summed E-state index contributed by atoms with van der Waals surface area (Å²) in [7, 11) is 0. The zero-order chi connectivity index (χ0) is 6.41. The van der Waals surface area contributed by atoms with Crippen molar-refractivity contribution in [2.24, 2.45) is 0 Å². The largest absolute Gasteiger partial charge is 0.355 e. The van der Waals surface area contributed by atoms with Gasteiger partial charge in [0, 0.05) is 6.54 Å². The van der Waals surface area contributed by atoms with Crippen molar-refractivity contribution in [1.82, 2.24) is 4.90 Å². The Hall–Kier alpha value is -0.720. The fourth-order valence-electron chi connectivity index (χ4n) is 0.487. The minimum Gasteiger partial charge on any atom is -0.355 e. The van der Waals surface area contributed by atoms with E-state index in [0.29, 0.717) is 0 Å². The van der Waals surface area contributed by atoms with Gasteiger partial charge < -0.3 is 4.90 Å². The molecule has 0 bridgehead atoms. The average Bonchev–Trinajstić information content (AvgIpc) is 1.83. The molecule has 0 radical (unpaired) electrons. The normalized spacial score (nSPS) is 9.75. The highest BCUT2D eigenvalue weighted by Gasteiger charge is 1.80. The third-order valence-electron chi connectivity index (χ3n) is 0.940. The zero-order valence-corrected chi connectivity index (χ0v) is 5.59. The molecule has 0 saturated heterocycles. The van der Waals surface area contributed by atoms with Crippen molar-refractivity contribution in [3.05, 3.63) is 25.1 Å². The number of allylic oxidation sites excluding steroid dienone is 1. The van der Waals surface area contributed by atoms with E-state index in [1.54, 1.807) is 6.20 Å². The first-order valence-electron chi connectivity index (χ1n) is 2.86. The molecule has 0 heterocycles. The lowest BCUT2D eigenvalue weighted by atomic mass is 10.6. The summed E-state index contributed by atoms with van der Waals surface area (Å²) in [5.74, 6) is 0. The molecule has 8 heavy (non-hydrogen) atoms. The zero-order valence-electron chi connectivity index (χ0n) is 5.59. The summed E-state index contributed by atoms with van der Waals surface area (Å²) in [4.78, 5) is 2.01. The van der Waals surface area contributed by atoms with Crippen LogP contribution < -0.4 is 0 Å². The maximum Gasteiger partial charge on any atom is 0.0190 e. The van der Waals surface area contributed by atoms with Gasteiger partial charge in [0.1, 0.15) is 0 Å². The molecule has 0 spiro atoms. The van der Waals surface area contributed by atoms with Crippen molar-refractivity contribution in [2.75, 3.05) is 6.54 Å². The van der Waals surface area contributed by atoms with Crippen LogP contribution in [0.15, 0.2) is 25.1 Å². The molecule has 0 aromatic carbocycles. The number of hydrogen-bond donors (Lipinski definition) is 0. The summed E-state index contributed by atoms with van der Waals surface area (Å²) in [6.07, 6.45) is 5.79. The van der Waals surface area contributed by atoms with Gasteiger partial charge in [0.25, 0.3) is 0 Å². The van der Waals surface area contributed by atoms with Crippen molar-refractivity contribution in [3.8, 4) is 0 Å². The number of nitrogens with zero attached hydrogens (tertiary/aromatic N) is 1. The van der Waals surface area contributed by atoms with Crippen LogP contribution in [0.3, 0.4) is 0 Å². The van der Waals surface area contributed by atoms with E-state index in [-0.39, 0.29) is 0 Å². The van der Waals surface area contributed by atoms with Crippen LogP contribution in [0.5, 0.6) is 0 Å². The summed E-state index contributed by atoms with van der Waals surface area (Å²) >= 11 is 0. The van der Waals surface area contributed by atoms with Crippen molar-refractivity contribution >= 4 is 0 Å². The third kappa shape index (κ3) is 2.45. The van der Waals surface area contributed by atoms with Gasteiger partial charge in [-0.05, 0) is 26.2 Å². The minimum atomic E-state index is 0.994. The first-order chi connectivity index (χ1) is 3.85. The standard InChI is InChI=1S/C7H13N/c1-4-7-8(5-2)6-3/h4-5,7H,2,6H2,1,3H3/b7-4-. The van der Waals surface area contributed by atoms with Gasteiger partial charge in [-0.1, -0.05) is 12.7 Å². The SMILES string of the molecule is C=CN(/C=C\C)CC. The Labute approximate surface area is 51.3 Å². The summed E-state index contributed by atoms with van der Waals surface area (Å²) in [6.45, 7) is 8.70. The predicted octanol–water partition coefficient (Wildman–Crippen LogP) is 1.99. The molecule has 0 amide bonds. The lowest BCUT2D eigenvalue weighted by Gasteiger charge is -2.09. The van der Waals surface area contributed by atoms with Crippen molar-refractivity contribution in [1.29, 1.82) is 0 Å². The second-order valence-corrected chi connectivity index (χ2v) is 1.50. The van der Waals surface area contributed by atoms with Crippen LogP contribution in [0.2, 0.25) is 0 Å². The van der Waals surface area contributed by atoms with Crippen LogP contribution in [-0.4, -0.2) is 11.4 Å². The molecule has 0 aliphatic heterocycles. The molecule has 0 saturated carbocycles. The van der Waals surface area contributed by atoms with Gasteiger partial charge in [-0.15, -0.1) is 0 Å². The van der Waals surface area contributed by atoms with E-state index in [2.05, 4.69) is 13.5 Å². The molecular weight excluding hydrogens is 98.1 g/mol. The van der Waals surface area contributed by atoms with Crippen LogP contribution in [0.25, 0.3) is 0 Å². The molecule has 0 atom stereocenters. The predicted molar refractivity (Wildman–Crippen MR) is 37.4 cm³/mol. The van der Waals surface area contributed by atoms with Crippen LogP contribution in [0.4, 0.5) is 0 Å². The van der Waals surface area contributed by atoms with Crippen molar-refractivity contribution in [3.63, 3.8) is 0 Å². The maximum absolute atomic E-state index is 3.63. The van der Waals surface area contributed by atoms with E-state index < -0.39 is 0 Å². The van der Waals surface area contributed by atoms with E-state index >= 15 is 0 Å². The smallest absolute Gasteiger partial charge is 0.0190 e. The lowest BCUT2D eigenvalue weighted by molar-refractivity contribution is 0.538. The van der Waals surface area contributed by atoms with Gasteiger partial charge in [0.15, 0.2) is 0 Å². The molecule has 46 valence electrons. The Bertz CT molecular complexity index is 84.4. The average molecular weight is 111 g/mol. The summed E-state index contributed by atoms with van der Waals surface area (Å²) < 4.78 is 0. The van der Waals surface area contributed by atoms with Crippen molar-refractivity contribution in [2.45, 2.75) is 13.8 Å². The van der Waals surface area contributed by atoms with Gasteiger partial charge in [-0.25, -0.2) is 0 Å². The minimum absolute atomic E-state index is 0.994. The van der Waals surface area contributed by atoms with Gasteiger partial charge in [-0.2, -0.15) is 0 Å². The quantitative estimate of drug-likeness (QED) is 0.538. The lowest BCUT2D eigenvalue weighted by Crippen LogP contribution is -2.06. The first-order valence-corrected chi connectivity index (χ1v) is 2.86. The summed E-state index contributed by atoms with van der Waals surface area (Å²) in [6, 6.07) is 0. The van der Waals surface area contributed by atoms with Crippen molar-refractivity contribution < 1.29 is 0 Å². The molecular formula is C7H13N. The molecule has 0 N–H and O–H groups in total. The Kier molecular flexibility index (Phi) is 4.04. The molecule has 0 aliphatic carbocycles. The monoisotopic (exact) mass is 111 g/mol. The summed E-state index contributed by atoms with van der Waals surface area (Å²) in [5.41, 5.74) is 0. The Morgan fingerprint density at radius 1 is 1.62 bits per heavy atom. The molecule has 0 rings (SSSR count). The molecule has 1 heteroatoms. The molecule has 0 fully saturated rings. The number of rotatable bonds is 3. The van der Waals surface area contributed by atoms with E-state index in [0.717, 1.165) is 6.54 Å². The molecule has 1 nitrogen and oxygen atoms in total. The third-order valence-corrected chi connectivity index (χ3v) is 0.940. The van der Waals surface area contributed by atoms with Crippen LogP contribution in [-0.2, 0) is 0 Å². The Morgan fingerprint density at radius 3 is 2.38 bits per heavy atom. The van der Waals surface area contributed by atoms with Gasteiger partial charge in [0.05, 0.1) is 0 Å². The fourth-order valence-corrected chi connectivity index (χ4v) is 0.487. The van der Waals surface area contributed by atoms with Crippen LogP contribution in [0.1, 0.15) is 13.8 Å². The Morgan fingerprint density at radius 2 is 2.25 bits per heavy atom. The first kappa shape index (κ1) is 7.28. The van der Waals surface area contributed by atoms with E-state index in [9.17, 15) is 0 Å². The van der Waals surface area contributed by atoms with Crippen LogP contribution >= 0.6 is 0 Å². The molecule has 0 aliphatic rings. The highest BCUT2D eigenvalue weighted by Crippen LogP contribution is 1.86. The second-order valence-electron chi connectivity index (χ2n) is 1.50. The molecule has 0 aromatic heterocycles. The van der Waals surface area contributed by atoms with E-state index in [1.807, 2.05) is 24.1 Å². The van der Waals surface area contributed by atoms with Gasteiger partial charge in [0.2, 0.25) is 0 Å². The Balaban J connectivity index is 3.52. The van der Waals surface area contributed by atoms with E-state index in [1.165, 1.54) is 0 Å². The summed E-state index contributed by atoms with van der Waals surface area (Å²) in [5, 5.41) is 0. The molecule has 0 aromatic rings. The van der Waals surface area contributed by atoms with Crippen LogP contribution in [0, 0.1) is 0 Å².